The number of hydrogen-bond acceptors (Lipinski definition) is 3. The van der Waals surface area contributed by atoms with Crippen LogP contribution in [0.4, 0.5) is 24.5 Å². The van der Waals surface area contributed by atoms with Crippen LogP contribution in [0.1, 0.15) is 13.3 Å². The lowest BCUT2D eigenvalue weighted by Gasteiger charge is -2.43. The molecule has 0 fully saturated rings. The van der Waals surface area contributed by atoms with Crippen molar-refractivity contribution in [2.45, 2.75) is 31.6 Å². The van der Waals surface area contributed by atoms with Crippen LogP contribution in [0.15, 0.2) is 24.3 Å². The summed E-state index contributed by atoms with van der Waals surface area (Å²) in [6.45, 7) is 2.57. The minimum atomic E-state index is -4.33. The molecule has 1 aliphatic heterocycles. The molecule has 1 aliphatic rings. The third kappa shape index (κ3) is 2.70. The Balaban J connectivity index is 2.43. The Morgan fingerprint density at radius 3 is 2.35 bits per heavy atom. The Kier molecular flexibility index (Phi) is 4.13. The normalized spacial score (nSPS) is 18.7. The zero-order valence-electron chi connectivity index (χ0n) is 11.7. The van der Waals surface area contributed by atoms with Gasteiger partial charge in [-0.1, -0.05) is 19.1 Å². The maximum absolute atomic E-state index is 13.4. The highest BCUT2D eigenvalue weighted by Crippen LogP contribution is 2.38. The molecular weight excluding hydrogens is 267 g/mol. The van der Waals surface area contributed by atoms with Crippen molar-refractivity contribution in [2.75, 3.05) is 29.9 Å². The molecule has 0 bridgehead atoms. The maximum atomic E-state index is 13.4. The second-order valence-electron chi connectivity index (χ2n) is 5.16. The molecule has 0 saturated heterocycles. The van der Waals surface area contributed by atoms with E-state index in [-0.39, 0.29) is 0 Å². The molecule has 2 atom stereocenters. The summed E-state index contributed by atoms with van der Waals surface area (Å²) in [7, 11) is 1.89. The van der Waals surface area contributed by atoms with Crippen LogP contribution in [-0.4, -0.2) is 38.4 Å². The van der Waals surface area contributed by atoms with Gasteiger partial charge in [0, 0.05) is 26.2 Å². The molecule has 0 radical (unpaired) electrons. The number of para-hydroxylation sites is 2. The van der Waals surface area contributed by atoms with Crippen molar-refractivity contribution in [3.63, 3.8) is 0 Å². The summed E-state index contributed by atoms with van der Waals surface area (Å²) < 4.78 is 40.2. The van der Waals surface area contributed by atoms with E-state index in [0.29, 0.717) is 25.2 Å². The summed E-state index contributed by atoms with van der Waals surface area (Å²) in [4.78, 5) is 3.38. The predicted octanol–water partition coefficient (Wildman–Crippen LogP) is 2.61. The first-order valence-electron chi connectivity index (χ1n) is 6.75. The molecule has 0 aromatic heterocycles. The first-order chi connectivity index (χ1) is 9.36. The average Bonchev–Trinajstić information content (AvgIpc) is 2.40. The molecule has 2 rings (SSSR count). The van der Waals surface area contributed by atoms with Crippen molar-refractivity contribution < 1.29 is 13.2 Å². The molecule has 1 aromatic rings. The van der Waals surface area contributed by atoms with Gasteiger partial charge in [0.2, 0.25) is 0 Å². The number of benzene rings is 1. The average molecular weight is 287 g/mol. The summed E-state index contributed by atoms with van der Waals surface area (Å²) in [5, 5.41) is 0. The molecule has 2 N–H and O–H groups in total. The lowest BCUT2D eigenvalue weighted by Crippen LogP contribution is -2.59. The van der Waals surface area contributed by atoms with Crippen LogP contribution in [0.2, 0.25) is 0 Å². The molecule has 20 heavy (non-hydrogen) atoms. The topological polar surface area (TPSA) is 32.5 Å². The van der Waals surface area contributed by atoms with Gasteiger partial charge in [-0.25, -0.2) is 0 Å². The van der Waals surface area contributed by atoms with Crippen molar-refractivity contribution in [1.29, 1.82) is 0 Å². The first kappa shape index (κ1) is 15.0. The predicted molar refractivity (Wildman–Crippen MR) is 75.2 cm³/mol. The SMILES string of the molecule is CCC(N)C(N1CCN(C)c2ccccc21)C(F)(F)F. The number of alkyl halides is 3. The highest BCUT2D eigenvalue weighted by Gasteiger charge is 2.48. The fourth-order valence-electron chi connectivity index (χ4n) is 2.69. The highest BCUT2D eigenvalue weighted by atomic mass is 19.4. The Morgan fingerprint density at radius 2 is 1.80 bits per heavy atom. The molecule has 0 spiro atoms. The third-order valence-electron chi connectivity index (χ3n) is 3.83. The van der Waals surface area contributed by atoms with Crippen molar-refractivity contribution in [1.82, 2.24) is 0 Å². The molecule has 2 unspecified atom stereocenters. The Bertz CT molecular complexity index is 461. The lowest BCUT2D eigenvalue weighted by atomic mass is 10.0. The van der Waals surface area contributed by atoms with E-state index in [1.165, 1.54) is 4.90 Å². The molecule has 1 aromatic carbocycles. The summed E-state index contributed by atoms with van der Waals surface area (Å²) in [6.07, 6.45) is -4.04. The smallest absolute Gasteiger partial charge is 0.371 e. The van der Waals surface area contributed by atoms with Gasteiger partial charge in [-0.2, -0.15) is 13.2 Å². The summed E-state index contributed by atoms with van der Waals surface area (Å²) in [5.74, 6) is 0. The monoisotopic (exact) mass is 287 g/mol. The quantitative estimate of drug-likeness (QED) is 0.927. The first-order valence-corrected chi connectivity index (χ1v) is 6.75. The van der Waals surface area contributed by atoms with E-state index in [2.05, 4.69) is 0 Å². The highest BCUT2D eigenvalue weighted by molar-refractivity contribution is 5.73. The Hall–Kier alpha value is -1.43. The van der Waals surface area contributed by atoms with Crippen LogP contribution < -0.4 is 15.5 Å². The van der Waals surface area contributed by atoms with Crippen molar-refractivity contribution in [3.05, 3.63) is 24.3 Å². The van der Waals surface area contributed by atoms with Crippen LogP contribution in [0.3, 0.4) is 0 Å². The molecule has 0 saturated carbocycles. The second-order valence-corrected chi connectivity index (χ2v) is 5.16. The van der Waals surface area contributed by atoms with Gasteiger partial charge < -0.3 is 15.5 Å². The van der Waals surface area contributed by atoms with E-state index < -0.39 is 18.3 Å². The van der Waals surface area contributed by atoms with Gasteiger partial charge in [-0.05, 0) is 18.6 Å². The number of likely N-dealkylation sites (N-methyl/N-ethyl adjacent to an activating group) is 1. The lowest BCUT2D eigenvalue weighted by molar-refractivity contribution is -0.153. The van der Waals surface area contributed by atoms with Crippen LogP contribution in [-0.2, 0) is 0 Å². The van der Waals surface area contributed by atoms with Gasteiger partial charge in [-0.15, -0.1) is 0 Å². The number of hydrogen-bond donors (Lipinski definition) is 1. The molecule has 1 heterocycles. The van der Waals surface area contributed by atoms with E-state index in [0.717, 1.165) is 5.69 Å². The van der Waals surface area contributed by atoms with Crippen LogP contribution in [0.25, 0.3) is 0 Å². The minimum Gasteiger partial charge on any atom is -0.371 e. The number of nitrogens with zero attached hydrogens (tertiary/aromatic N) is 2. The number of halogens is 3. The number of rotatable bonds is 3. The maximum Gasteiger partial charge on any atom is 0.410 e. The molecular formula is C14H20F3N3. The van der Waals surface area contributed by atoms with E-state index in [4.69, 9.17) is 5.73 Å². The van der Waals surface area contributed by atoms with Gasteiger partial charge >= 0.3 is 6.18 Å². The molecule has 6 heteroatoms. The second kappa shape index (κ2) is 5.52. The fourth-order valence-corrected chi connectivity index (χ4v) is 2.69. The zero-order valence-corrected chi connectivity index (χ0v) is 11.7. The van der Waals surface area contributed by atoms with Crippen LogP contribution in [0, 0.1) is 0 Å². The zero-order chi connectivity index (χ0) is 14.9. The molecule has 0 amide bonds. The van der Waals surface area contributed by atoms with E-state index in [1.807, 2.05) is 24.1 Å². The van der Waals surface area contributed by atoms with Gasteiger partial charge in [0.25, 0.3) is 0 Å². The standard InChI is InChI=1S/C14H20F3N3/c1-3-10(18)13(14(15,16)17)20-9-8-19(2)11-6-4-5-7-12(11)20/h4-7,10,13H,3,8-9,18H2,1-2H3. The summed E-state index contributed by atoms with van der Waals surface area (Å²) >= 11 is 0. The van der Waals surface area contributed by atoms with Crippen LogP contribution in [0.5, 0.6) is 0 Å². The third-order valence-corrected chi connectivity index (χ3v) is 3.83. The number of nitrogens with two attached hydrogens (primary N) is 1. The van der Waals surface area contributed by atoms with Gasteiger partial charge in [0.15, 0.2) is 0 Å². The van der Waals surface area contributed by atoms with Crippen molar-refractivity contribution >= 4 is 11.4 Å². The van der Waals surface area contributed by atoms with E-state index in [9.17, 15) is 13.2 Å². The summed E-state index contributed by atoms with van der Waals surface area (Å²) in [6, 6.07) is 4.60. The Labute approximate surface area is 117 Å². The van der Waals surface area contributed by atoms with Crippen molar-refractivity contribution in [2.24, 2.45) is 5.73 Å². The fraction of sp³-hybridized carbons (Fsp3) is 0.571. The minimum absolute atomic E-state index is 0.290. The van der Waals surface area contributed by atoms with Gasteiger partial charge in [0.05, 0.1) is 11.4 Å². The summed E-state index contributed by atoms with van der Waals surface area (Å²) in [5.41, 5.74) is 7.17. The van der Waals surface area contributed by atoms with E-state index >= 15 is 0 Å². The number of fused-ring (bicyclic) bond motifs is 1. The van der Waals surface area contributed by atoms with Crippen molar-refractivity contribution in [3.8, 4) is 0 Å². The number of anilines is 2. The van der Waals surface area contributed by atoms with Gasteiger partial charge in [0.1, 0.15) is 6.04 Å². The largest absolute Gasteiger partial charge is 0.410 e. The Morgan fingerprint density at radius 1 is 1.20 bits per heavy atom. The van der Waals surface area contributed by atoms with Crippen LogP contribution >= 0.6 is 0 Å². The van der Waals surface area contributed by atoms with E-state index in [1.54, 1.807) is 19.1 Å². The molecule has 0 aliphatic carbocycles. The van der Waals surface area contributed by atoms with Gasteiger partial charge in [-0.3, -0.25) is 0 Å². The molecule has 3 nitrogen and oxygen atoms in total. The molecule has 112 valence electrons.